The van der Waals surface area contributed by atoms with Crippen LogP contribution in [0.25, 0.3) is 0 Å². The molecule has 0 saturated heterocycles. The number of nitrogens with zero attached hydrogens (tertiary/aromatic N) is 1. The molecule has 0 aliphatic heterocycles. The zero-order chi connectivity index (χ0) is 13.0. The molecule has 1 aromatic carbocycles. The zero-order valence-electron chi connectivity index (χ0n) is 10.2. The highest BCUT2D eigenvalue weighted by Gasteiger charge is 2.20. The van der Waals surface area contributed by atoms with Crippen molar-refractivity contribution in [1.29, 1.82) is 0 Å². The Kier molecular flexibility index (Phi) is 4.09. The van der Waals surface area contributed by atoms with Crippen LogP contribution in [0.15, 0.2) is 24.3 Å². The van der Waals surface area contributed by atoms with E-state index < -0.39 is 6.03 Å². The molecule has 1 aromatic rings. The molecule has 1 rings (SSSR count). The maximum Gasteiger partial charge on any atom is 0.328 e. The number of hydrogen-bond donors (Lipinski definition) is 2. The smallest absolute Gasteiger partial charge is 0.328 e. The number of carbonyl (C=O) groups excluding carboxylic acids is 2. The first-order valence-corrected chi connectivity index (χ1v) is 5.38. The highest BCUT2D eigenvalue weighted by atomic mass is 16.2. The predicted molar refractivity (Wildman–Crippen MR) is 67.7 cm³/mol. The van der Waals surface area contributed by atoms with Crippen molar-refractivity contribution in [2.75, 3.05) is 10.6 Å². The third-order valence-corrected chi connectivity index (χ3v) is 2.06. The Labute approximate surface area is 101 Å². The van der Waals surface area contributed by atoms with E-state index in [0.717, 1.165) is 4.90 Å². The maximum absolute atomic E-state index is 11.9. The second-order valence-electron chi connectivity index (χ2n) is 4.05. The first kappa shape index (κ1) is 13.0. The summed E-state index contributed by atoms with van der Waals surface area (Å²) in [6, 6.07) is 6.16. The number of nitrogens with one attached hydrogen (secondary N) is 1. The Morgan fingerprint density at radius 1 is 1.35 bits per heavy atom. The highest BCUT2D eigenvalue weighted by Crippen LogP contribution is 2.17. The molecule has 0 bridgehead atoms. The number of nitrogens with two attached hydrogens (primary N) is 1. The summed E-state index contributed by atoms with van der Waals surface area (Å²) in [5, 5.41) is 2.67. The predicted octanol–water partition coefficient (Wildman–Crippen LogP) is 1.74. The van der Waals surface area contributed by atoms with Crippen LogP contribution >= 0.6 is 0 Å². The van der Waals surface area contributed by atoms with Gasteiger partial charge >= 0.3 is 6.03 Å². The number of imide groups is 1. The molecule has 0 saturated carbocycles. The minimum absolute atomic E-state index is 0.0367. The molecule has 5 heteroatoms. The lowest BCUT2D eigenvalue weighted by Gasteiger charge is -2.21. The summed E-state index contributed by atoms with van der Waals surface area (Å²) in [7, 11) is 0. The summed E-state index contributed by atoms with van der Waals surface area (Å²) in [4.78, 5) is 24.4. The summed E-state index contributed by atoms with van der Waals surface area (Å²) in [5.41, 5.74) is 6.60. The number of carbonyl (C=O) groups is 2. The summed E-state index contributed by atoms with van der Waals surface area (Å²) in [6.45, 7) is 4.99. The second-order valence-corrected chi connectivity index (χ2v) is 4.05. The molecule has 92 valence electrons. The molecule has 3 amide bonds. The van der Waals surface area contributed by atoms with Gasteiger partial charge in [-0.25, -0.2) is 9.69 Å². The Balaban J connectivity index is 3.01. The second kappa shape index (κ2) is 5.34. The van der Waals surface area contributed by atoms with E-state index in [1.54, 1.807) is 24.3 Å². The van der Waals surface area contributed by atoms with E-state index in [0.29, 0.717) is 11.4 Å². The lowest BCUT2D eigenvalue weighted by Crippen LogP contribution is -2.45. The SMILES string of the molecule is CC(=O)N(C(=O)NC(C)C)c1cccc(N)c1. The number of urea groups is 1. The van der Waals surface area contributed by atoms with Gasteiger partial charge in [0.25, 0.3) is 0 Å². The largest absolute Gasteiger partial charge is 0.399 e. The average Bonchev–Trinajstić information content (AvgIpc) is 2.15. The van der Waals surface area contributed by atoms with Crippen molar-refractivity contribution in [2.45, 2.75) is 26.8 Å². The van der Waals surface area contributed by atoms with Gasteiger partial charge in [0.05, 0.1) is 5.69 Å². The Morgan fingerprint density at radius 2 is 2.00 bits per heavy atom. The van der Waals surface area contributed by atoms with E-state index >= 15 is 0 Å². The Hall–Kier alpha value is -2.04. The van der Waals surface area contributed by atoms with Crippen molar-refractivity contribution >= 4 is 23.3 Å². The fourth-order valence-electron chi connectivity index (χ4n) is 1.42. The number of nitrogen functional groups attached to an aromatic ring is 1. The van der Waals surface area contributed by atoms with E-state index in [4.69, 9.17) is 5.73 Å². The standard InChI is InChI=1S/C12H17N3O2/c1-8(2)14-12(17)15(9(3)16)11-6-4-5-10(13)7-11/h4-8H,13H2,1-3H3,(H,14,17). The van der Waals surface area contributed by atoms with Crippen molar-refractivity contribution in [3.8, 4) is 0 Å². The van der Waals surface area contributed by atoms with Gasteiger partial charge in [-0.05, 0) is 32.0 Å². The minimum Gasteiger partial charge on any atom is -0.399 e. The first-order valence-electron chi connectivity index (χ1n) is 5.38. The molecule has 0 aliphatic rings. The quantitative estimate of drug-likeness (QED) is 0.767. The first-order chi connectivity index (χ1) is 7.91. The van der Waals surface area contributed by atoms with Crippen molar-refractivity contribution in [2.24, 2.45) is 0 Å². The lowest BCUT2D eigenvalue weighted by molar-refractivity contribution is -0.115. The van der Waals surface area contributed by atoms with Crippen LogP contribution in [0.1, 0.15) is 20.8 Å². The summed E-state index contributed by atoms with van der Waals surface area (Å²) in [6.07, 6.45) is 0. The number of rotatable bonds is 2. The Morgan fingerprint density at radius 3 is 2.47 bits per heavy atom. The molecule has 0 fully saturated rings. The molecular formula is C12H17N3O2. The molecule has 0 aromatic heterocycles. The van der Waals surface area contributed by atoms with Crippen LogP contribution < -0.4 is 16.0 Å². The van der Waals surface area contributed by atoms with Gasteiger partial charge < -0.3 is 11.1 Å². The third-order valence-electron chi connectivity index (χ3n) is 2.06. The highest BCUT2D eigenvalue weighted by molar-refractivity contribution is 6.13. The average molecular weight is 235 g/mol. The number of hydrogen-bond acceptors (Lipinski definition) is 3. The van der Waals surface area contributed by atoms with Crippen LogP contribution in [0, 0.1) is 0 Å². The third kappa shape index (κ3) is 3.48. The van der Waals surface area contributed by atoms with E-state index in [-0.39, 0.29) is 11.9 Å². The van der Waals surface area contributed by atoms with Crippen LogP contribution in [0.4, 0.5) is 16.2 Å². The topological polar surface area (TPSA) is 75.4 Å². The van der Waals surface area contributed by atoms with E-state index in [2.05, 4.69) is 5.32 Å². The number of benzene rings is 1. The molecular weight excluding hydrogens is 218 g/mol. The van der Waals surface area contributed by atoms with Crippen LogP contribution in [0.2, 0.25) is 0 Å². The van der Waals surface area contributed by atoms with Crippen LogP contribution in [0.5, 0.6) is 0 Å². The molecule has 5 nitrogen and oxygen atoms in total. The normalized spacial score (nSPS) is 10.1. The fraction of sp³-hybridized carbons (Fsp3) is 0.333. The van der Waals surface area contributed by atoms with Gasteiger partial charge in [-0.2, -0.15) is 0 Å². The fourth-order valence-corrected chi connectivity index (χ4v) is 1.42. The lowest BCUT2D eigenvalue weighted by atomic mass is 10.2. The van der Waals surface area contributed by atoms with Gasteiger partial charge in [-0.3, -0.25) is 4.79 Å². The summed E-state index contributed by atoms with van der Waals surface area (Å²) in [5.74, 6) is -0.353. The summed E-state index contributed by atoms with van der Waals surface area (Å²) < 4.78 is 0. The molecule has 0 radical (unpaired) electrons. The van der Waals surface area contributed by atoms with Crippen molar-refractivity contribution in [3.63, 3.8) is 0 Å². The number of amides is 3. The van der Waals surface area contributed by atoms with Crippen molar-refractivity contribution in [3.05, 3.63) is 24.3 Å². The van der Waals surface area contributed by atoms with E-state index in [1.165, 1.54) is 6.92 Å². The van der Waals surface area contributed by atoms with Gasteiger partial charge in [0.2, 0.25) is 5.91 Å². The molecule has 0 aliphatic carbocycles. The molecule has 0 unspecified atom stereocenters. The monoisotopic (exact) mass is 235 g/mol. The minimum atomic E-state index is -0.446. The Bertz CT molecular complexity index is 430. The van der Waals surface area contributed by atoms with Gasteiger partial charge in [0, 0.05) is 18.7 Å². The van der Waals surface area contributed by atoms with Crippen molar-refractivity contribution in [1.82, 2.24) is 5.32 Å². The molecule has 17 heavy (non-hydrogen) atoms. The van der Waals surface area contributed by atoms with Crippen LogP contribution in [-0.2, 0) is 4.79 Å². The van der Waals surface area contributed by atoms with E-state index in [1.807, 2.05) is 13.8 Å². The summed E-state index contributed by atoms with van der Waals surface area (Å²) >= 11 is 0. The molecule has 0 heterocycles. The van der Waals surface area contributed by atoms with Gasteiger partial charge in [0.15, 0.2) is 0 Å². The maximum atomic E-state index is 11.9. The number of anilines is 2. The van der Waals surface area contributed by atoms with Crippen molar-refractivity contribution < 1.29 is 9.59 Å². The molecule has 0 spiro atoms. The molecule has 0 atom stereocenters. The van der Waals surface area contributed by atoms with Gasteiger partial charge in [0.1, 0.15) is 0 Å². The zero-order valence-corrected chi connectivity index (χ0v) is 10.2. The van der Waals surface area contributed by atoms with Crippen LogP contribution in [0.3, 0.4) is 0 Å². The molecule has 3 N–H and O–H groups in total. The van der Waals surface area contributed by atoms with Crippen LogP contribution in [-0.4, -0.2) is 18.0 Å². The van der Waals surface area contributed by atoms with E-state index in [9.17, 15) is 9.59 Å². The van der Waals surface area contributed by atoms with Gasteiger partial charge in [-0.15, -0.1) is 0 Å². The van der Waals surface area contributed by atoms with Gasteiger partial charge in [-0.1, -0.05) is 6.07 Å².